The fourth-order valence-electron chi connectivity index (χ4n) is 1.81. The topological polar surface area (TPSA) is 17.1 Å². The fourth-order valence-corrected chi connectivity index (χ4v) is 1.81. The van der Waals surface area contributed by atoms with E-state index in [0.717, 1.165) is 24.7 Å². The summed E-state index contributed by atoms with van der Waals surface area (Å²) in [5.41, 5.74) is 0. The number of carbonyl (C=O) groups excluding carboxylic acids is 1. The first-order chi connectivity index (χ1) is 4.36. The van der Waals surface area contributed by atoms with Gasteiger partial charge in [0.2, 0.25) is 0 Å². The van der Waals surface area contributed by atoms with Crippen molar-refractivity contribution in [3.8, 4) is 0 Å². The molecule has 0 N–H and O–H groups in total. The molecule has 0 heterocycles. The third-order valence-electron chi connectivity index (χ3n) is 2.57. The highest BCUT2D eigenvalue weighted by Gasteiger charge is 2.35. The van der Waals surface area contributed by atoms with Crippen molar-refractivity contribution < 1.29 is 4.79 Å². The molecular formula is C8H12O. The van der Waals surface area contributed by atoms with Crippen molar-refractivity contribution in [1.82, 2.24) is 0 Å². The monoisotopic (exact) mass is 124 g/mol. The first-order valence-electron chi connectivity index (χ1n) is 3.88. The minimum atomic E-state index is 0.506. The Kier molecular flexibility index (Phi) is 1.11. The normalized spacial score (nSPS) is 35.6. The summed E-state index contributed by atoms with van der Waals surface area (Å²) in [4.78, 5) is 10.8. The van der Waals surface area contributed by atoms with E-state index in [1.807, 2.05) is 0 Å². The van der Waals surface area contributed by atoms with Gasteiger partial charge in [0.1, 0.15) is 5.78 Å². The molecule has 0 radical (unpaired) electrons. The molecule has 9 heavy (non-hydrogen) atoms. The number of Topliss-reactive ketones (excluding diaryl/α,β-unsaturated/α-hetero) is 1. The van der Waals surface area contributed by atoms with Gasteiger partial charge in [-0.05, 0) is 31.1 Å². The number of hydrogen-bond acceptors (Lipinski definition) is 1. The minimum absolute atomic E-state index is 0.506. The maximum atomic E-state index is 10.8. The van der Waals surface area contributed by atoms with Crippen LogP contribution in [0.25, 0.3) is 0 Å². The molecular weight excluding hydrogens is 112 g/mol. The summed E-state index contributed by atoms with van der Waals surface area (Å²) >= 11 is 0. The van der Waals surface area contributed by atoms with Crippen LogP contribution in [0.3, 0.4) is 0 Å². The Labute approximate surface area is 55.4 Å². The summed E-state index contributed by atoms with van der Waals surface area (Å²) in [6, 6.07) is 0. The molecule has 0 unspecified atom stereocenters. The predicted molar refractivity (Wildman–Crippen MR) is 35.1 cm³/mol. The van der Waals surface area contributed by atoms with E-state index in [0.29, 0.717) is 5.78 Å². The van der Waals surface area contributed by atoms with Crippen molar-refractivity contribution in [3.63, 3.8) is 0 Å². The van der Waals surface area contributed by atoms with Gasteiger partial charge >= 0.3 is 0 Å². The van der Waals surface area contributed by atoms with Gasteiger partial charge in [-0.1, -0.05) is 0 Å². The summed E-state index contributed by atoms with van der Waals surface area (Å²) < 4.78 is 0. The van der Waals surface area contributed by atoms with E-state index in [1.54, 1.807) is 0 Å². The van der Waals surface area contributed by atoms with Crippen molar-refractivity contribution >= 4 is 5.78 Å². The molecule has 0 spiro atoms. The van der Waals surface area contributed by atoms with Gasteiger partial charge in [-0.25, -0.2) is 0 Å². The molecule has 2 aliphatic rings. The number of hydrogen-bond donors (Lipinski definition) is 0. The van der Waals surface area contributed by atoms with E-state index >= 15 is 0 Å². The van der Waals surface area contributed by atoms with Crippen LogP contribution in [0.4, 0.5) is 0 Å². The standard InChI is InChI=1S/C8H12O/c9-8-4-3-7(5-8)6-1-2-6/h6-7H,1-5H2/t7-/m1/s1. The Balaban J connectivity index is 1.92. The molecule has 50 valence electrons. The molecule has 0 aliphatic heterocycles. The first-order valence-corrected chi connectivity index (χ1v) is 3.88. The van der Waals surface area contributed by atoms with Crippen LogP contribution in [0.5, 0.6) is 0 Å². The summed E-state index contributed by atoms with van der Waals surface area (Å²) in [5.74, 6) is 2.26. The zero-order chi connectivity index (χ0) is 6.27. The van der Waals surface area contributed by atoms with E-state index in [4.69, 9.17) is 0 Å². The van der Waals surface area contributed by atoms with Crippen molar-refractivity contribution in [2.75, 3.05) is 0 Å². The average molecular weight is 124 g/mol. The highest BCUT2D eigenvalue weighted by Crippen LogP contribution is 2.43. The second-order valence-electron chi connectivity index (χ2n) is 3.38. The van der Waals surface area contributed by atoms with Gasteiger partial charge in [0.15, 0.2) is 0 Å². The summed E-state index contributed by atoms with van der Waals surface area (Å²) in [7, 11) is 0. The van der Waals surface area contributed by atoms with E-state index in [-0.39, 0.29) is 0 Å². The van der Waals surface area contributed by atoms with Gasteiger partial charge in [0, 0.05) is 12.8 Å². The minimum Gasteiger partial charge on any atom is -0.300 e. The number of ketones is 1. The van der Waals surface area contributed by atoms with Crippen LogP contribution in [0.15, 0.2) is 0 Å². The smallest absolute Gasteiger partial charge is 0.133 e. The lowest BCUT2D eigenvalue weighted by Crippen LogP contribution is -1.96. The Hall–Kier alpha value is -0.330. The summed E-state index contributed by atoms with van der Waals surface area (Å²) in [6.45, 7) is 0. The van der Waals surface area contributed by atoms with E-state index < -0.39 is 0 Å². The lowest BCUT2D eigenvalue weighted by atomic mass is 10.0. The Morgan fingerprint density at radius 2 is 1.89 bits per heavy atom. The molecule has 0 aromatic carbocycles. The molecule has 2 saturated carbocycles. The molecule has 0 saturated heterocycles. The summed E-state index contributed by atoms with van der Waals surface area (Å²) in [5, 5.41) is 0. The van der Waals surface area contributed by atoms with Crippen LogP contribution in [-0.2, 0) is 4.79 Å². The van der Waals surface area contributed by atoms with Crippen LogP contribution in [0.2, 0.25) is 0 Å². The van der Waals surface area contributed by atoms with Gasteiger partial charge in [0.25, 0.3) is 0 Å². The zero-order valence-corrected chi connectivity index (χ0v) is 5.60. The van der Waals surface area contributed by atoms with Crippen LogP contribution in [0.1, 0.15) is 32.1 Å². The van der Waals surface area contributed by atoms with Gasteiger partial charge in [0.05, 0.1) is 0 Å². The zero-order valence-electron chi connectivity index (χ0n) is 5.60. The molecule has 0 aromatic heterocycles. The highest BCUT2D eigenvalue weighted by molar-refractivity contribution is 5.80. The fraction of sp³-hybridized carbons (Fsp3) is 0.875. The predicted octanol–water partition coefficient (Wildman–Crippen LogP) is 1.77. The second kappa shape index (κ2) is 1.83. The van der Waals surface area contributed by atoms with Crippen molar-refractivity contribution in [2.45, 2.75) is 32.1 Å². The van der Waals surface area contributed by atoms with E-state index in [1.165, 1.54) is 19.3 Å². The van der Waals surface area contributed by atoms with Crippen molar-refractivity contribution in [2.24, 2.45) is 11.8 Å². The quantitative estimate of drug-likeness (QED) is 0.520. The largest absolute Gasteiger partial charge is 0.300 e. The lowest BCUT2D eigenvalue weighted by Gasteiger charge is -2.01. The third kappa shape index (κ3) is 1.00. The Morgan fingerprint density at radius 3 is 2.33 bits per heavy atom. The molecule has 0 bridgehead atoms. The molecule has 0 amide bonds. The third-order valence-corrected chi connectivity index (χ3v) is 2.57. The molecule has 2 fully saturated rings. The van der Waals surface area contributed by atoms with Gasteiger partial charge in [-0.15, -0.1) is 0 Å². The molecule has 2 rings (SSSR count). The molecule has 1 heteroatoms. The maximum Gasteiger partial charge on any atom is 0.133 e. The molecule has 1 nitrogen and oxygen atoms in total. The molecule has 0 aromatic rings. The van der Waals surface area contributed by atoms with Crippen LogP contribution >= 0.6 is 0 Å². The number of carbonyl (C=O) groups is 1. The van der Waals surface area contributed by atoms with Crippen LogP contribution in [0, 0.1) is 11.8 Å². The van der Waals surface area contributed by atoms with E-state index in [9.17, 15) is 4.79 Å². The molecule has 1 atom stereocenters. The van der Waals surface area contributed by atoms with Crippen LogP contribution in [-0.4, -0.2) is 5.78 Å². The Bertz CT molecular complexity index is 136. The highest BCUT2D eigenvalue weighted by atomic mass is 16.1. The lowest BCUT2D eigenvalue weighted by molar-refractivity contribution is -0.117. The van der Waals surface area contributed by atoms with Crippen molar-refractivity contribution in [1.29, 1.82) is 0 Å². The summed E-state index contributed by atoms with van der Waals surface area (Å²) in [6.07, 6.45) is 5.78. The first kappa shape index (κ1) is 5.45. The number of rotatable bonds is 1. The molecule has 2 aliphatic carbocycles. The maximum absolute atomic E-state index is 10.8. The van der Waals surface area contributed by atoms with Gasteiger partial charge in [-0.2, -0.15) is 0 Å². The van der Waals surface area contributed by atoms with Gasteiger partial charge in [-0.3, -0.25) is 4.79 Å². The van der Waals surface area contributed by atoms with E-state index in [2.05, 4.69) is 0 Å². The van der Waals surface area contributed by atoms with Crippen LogP contribution < -0.4 is 0 Å². The average Bonchev–Trinajstić information content (AvgIpc) is 2.58. The Morgan fingerprint density at radius 1 is 1.11 bits per heavy atom. The SMILES string of the molecule is O=C1CC[C@@H](C2CC2)C1. The second-order valence-corrected chi connectivity index (χ2v) is 3.38. The van der Waals surface area contributed by atoms with Crippen molar-refractivity contribution in [3.05, 3.63) is 0 Å². The van der Waals surface area contributed by atoms with Gasteiger partial charge < -0.3 is 0 Å².